The lowest BCUT2D eigenvalue weighted by atomic mass is 10.1. The average Bonchev–Trinajstić information content (AvgIpc) is 2.48. The van der Waals surface area contributed by atoms with E-state index < -0.39 is 0 Å². The van der Waals surface area contributed by atoms with Crippen molar-refractivity contribution in [2.45, 2.75) is 12.6 Å². The predicted octanol–water partition coefficient (Wildman–Crippen LogP) is 0.961. The summed E-state index contributed by atoms with van der Waals surface area (Å²) in [4.78, 5) is 15.6. The molecule has 6 nitrogen and oxygen atoms in total. The molecule has 0 amide bonds. The van der Waals surface area contributed by atoms with Gasteiger partial charge >= 0.3 is 0 Å². The smallest absolute Gasteiger partial charge is 0.253 e. The normalized spacial score (nSPS) is 11.9. The number of rotatable bonds is 5. The number of methoxy groups -OCH3 is 2. The maximum absolute atomic E-state index is 11.7. The van der Waals surface area contributed by atoms with E-state index in [1.807, 2.05) is 12.1 Å². The topological polar surface area (TPSA) is 79.4 Å². The highest BCUT2D eigenvalue weighted by Gasteiger charge is 2.14. The molecule has 1 aromatic carbocycles. The van der Waals surface area contributed by atoms with Gasteiger partial charge in [-0.1, -0.05) is 6.07 Å². The van der Waals surface area contributed by atoms with E-state index in [1.54, 1.807) is 20.3 Å². The van der Waals surface area contributed by atoms with Crippen LogP contribution in [-0.4, -0.2) is 23.8 Å². The van der Waals surface area contributed by atoms with Crippen molar-refractivity contribution in [3.8, 4) is 11.5 Å². The van der Waals surface area contributed by atoms with Gasteiger partial charge in [0.25, 0.3) is 5.56 Å². The third-order valence-corrected chi connectivity index (χ3v) is 3.03. The van der Waals surface area contributed by atoms with Gasteiger partial charge in [-0.15, -0.1) is 0 Å². The molecule has 2 N–H and O–H groups in total. The summed E-state index contributed by atoms with van der Waals surface area (Å²) in [5, 5.41) is 0. The maximum atomic E-state index is 11.7. The molecule has 0 spiro atoms. The third-order valence-electron chi connectivity index (χ3n) is 3.03. The summed E-state index contributed by atoms with van der Waals surface area (Å²) in [6.07, 6.45) is 2.93. The van der Waals surface area contributed by atoms with Crippen molar-refractivity contribution in [2.24, 2.45) is 5.73 Å². The van der Waals surface area contributed by atoms with E-state index in [9.17, 15) is 4.79 Å². The number of ether oxygens (including phenoxy) is 2. The van der Waals surface area contributed by atoms with E-state index in [0.29, 0.717) is 18.0 Å². The Morgan fingerprint density at radius 3 is 2.75 bits per heavy atom. The first-order valence-corrected chi connectivity index (χ1v) is 6.13. The number of hydrogen-bond acceptors (Lipinski definition) is 5. The van der Waals surface area contributed by atoms with Crippen LogP contribution in [0.25, 0.3) is 0 Å². The highest BCUT2D eigenvalue weighted by molar-refractivity contribution is 5.42. The Morgan fingerprint density at radius 1 is 1.30 bits per heavy atom. The van der Waals surface area contributed by atoms with Crippen LogP contribution in [0.1, 0.15) is 11.6 Å². The molecule has 0 radical (unpaired) electrons. The SMILES string of the molecule is COc1ccc(C(N)Cn2cnccc2=O)c(OC)c1. The standard InChI is InChI=1S/C14H17N3O3/c1-19-10-3-4-11(13(7-10)20-2)12(15)8-17-9-16-6-5-14(17)18/h3-7,9,12H,8,15H2,1-2H3. The average molecular weight is 275 g/mol. The van der Waals surface area contributed by atoms with Crippen LogP contribution in [0, 0.1) is 0 Å². The second kappa shape index (κ2) is 6.21. The Bertz CT molecular complexity index is 640. The minimum atomic E-state index is -0.377. The zero-order chi connectivity index (χ0) is 14.5. The number of nitrogens with two attached hydrogens (primary N) is 1. The molecule has 1 heterocycles. The van der Waals surface area contributed by atoms with Crippen molar-refractivity contribution in [3.05, 3.63) is 52.7 Å². The van der Waals surface area contributed by atoms with Gasteiger partial charge in [-0.05, 0) is 6.07 Å². The van der Waals surface area contributed by atoms with Gasteiger partial charge in [0.1, 0.15) is 11.5 Å². The lowest BCUT2D eigenvalue weighted by Crippen LogP contribution is -2.26. The summed E-state index contributed by atoms with van der Waals surface area (Å²) >= 11 is 0. The van der Waals surface area contributed by atoms with E-state index in [0.717, 1.165) is 5.56 Å². The number of benzene rings is 1. The van der Waals surface area contributed by atoms with Gasteiger partial charge in [-0.2, -0.15) is 0 Å². The number of aromatic nitrogens is 2. The Labute approximate surface area is 116 Å². The molecule has 20 heavy (non-hydrogen) atoms. The van der Waals surface area contributed by atoms with Crippen LogP contribution in [-0.2, 0) is 6.54 Å². The highest BCUT2D eigenvalue weighted by atomic mass is 16.5. The molecule has 0 aliphatic carbocycles. The van der Waals surface area contributed by atoms with Crippen molar-refractivity contribution in [1.29, 1.82) is 0 Å². The van der Waals surface area contributed by atoms with E-state index >= 15 is 0 Å². The predicted molar refractivity (Wildman–Crippen MR) is 75.0 cm³/mol. The summed E-state index contributed by atoms with van der Waals surface area (Å²) in [7, 11) is 3.16. The van der Waals surface area contributed by atoms with Crippen LogP contribution in [0.5, 0.6) is 11.5 Å². The second-order valence-electron chi connectivity index (χ2n) is 4.29. The van der Waals surface area contributed by atoms with Crippen molar-refractivity contribution < 1.29 is 9.47 Å². The zero-order valence-corrected chi connectivity index (χ0v) is 11.4. The van der Waals surface area contributed by atoms with Gasteiger partial charge in [-0.25, -0.2) is 4.98 Å². The van der Waals surface area contributed by atoms with E-state index in [4.69, 9.17) is 15.2 Å². The van der Waals surface area contributed by atoms with Crippen molar-refractivity contribution in [1.82, 2.24) is 9.55 Å². The van der Waals surface area contributed by atoms with Gasteiger partial charge in [0, 0.05) is 30.4 Å². The molecule has 0 saturated carbocycles. The Hall–Kier alpha value is -2.34. The molecular weight excluding hydrogens is 258 g/mol. The maximum Gasteiger partial charge on any atom is 0.253 e. The minimum Gasteiger partial charge on any atom is -0.497 e. The second-order valence-corrected chi connectivity index (χ2v) is 4.29. The van der Waals surface area contributed by atoms with Crippen molar-refractivity contribution in [3.63, 3.8) is 0 Å². The summed E-state index contributed by atoms with van der Waals surface area (Å²) in [5.74, 6) is 1.32. The summed E-state index contributed by atoms with van der Waals surface area (Å²) in [6.45, 7) is 0.329. The van der Waals surface area contributed by atoms with Gasteiger partial charge in [0.15, 0.2) is 0 Å². The van der Waals surface area contributed by atoms with Crippen LogP contribution in [0.3, 0.4) is 0 Å². The fourth-order valence-corrected chi connectivity index (χ4v) is 1.95. The lowest BCUT2D eigenvalue weighted by Gasteiger charge is -2.17. The number of hydrogen-bond donors (Lipinski definition) is 1. The molecule has 0 aliphatic heterocycles. The van der Waals surface area contributed by atoms with Crippen LogP contribution in [0.4, 0.5) is 0 Å². The molecular formula is C14H17N3O3. The summed E-state index contributed by atoms with van der Waals surface area (Å²) < 4.78 is 11.9. The van der Waals surface area contributed by atoms with Crippen LogP contribution < -0.4 is 20.8 Å². The molecule has 2 aromatic rings. The molecule has 1 atom stereocenters. The zero-order valence-electron chi connectivity index (χ0n) is 11.4. The Morgan fingerprint density at radius 2 is 2.10 bits per heavy atom. The fourth-order valence-electron chi connectivity index (χ4n) is 1.95. The summed E-state index contributed by atoms with van der Waals surface area (Å²) in [6, 6.07) is 6.44. The molecule has 0 aliphatic rings. The molecule has 0 bridgehead atoms. The first-order chi connectivity index (χ1) is 9.65. The fraction of sp³-hybridized carbons (Fsp3) is 0.286. The van der Waals surface area contributed by atoms with Gasteiger partial charge in [0.2, 0.25) is 0 Å². The highest BCUT2D eigenvalue weighted by Crippen LogP contribution is 2.28. The van der Waals surface area contributed by atoms with Crippen molar-refractivity contribution >= 4 is 0 Å². The molecule has 2 rings (SSSR count). The van der Waals surface area contributed by atoms with E-state index in [1.165, 1.54) is 23.2 Å². The molecule has 6 heteroatoms. The lowest BCUT2D eigenvalue weighted by molar-refractivity contribution is 0.386. The van der Waals surface area contributed by atoms with Gasteiger partial charge in [-0.3, -0.25) is 9.36 Å². The van der Waals surface area contributed by atoms with Crippen LogP contribution >= 0.6 is 0 Å². The Kier molecular flexibility index (Phi) is 4.37. The van der Waals surface area contributed by atoms with E-state index in [-0.39, 0.29) is 11.6 Å². The van der Waals surface area contributed by atoms with Crippen LogP contribution in [0.15, 0.2) is 41.6 Å². The minimum absolute atomic E-state index is 0.136. The molecule has 0 fully saturated rings. The molecule has 1 aromatic heterocycles. The molecule has 106 valence electrons. The monoisotopic (exact) mass is 275 g/mol. The van der Waals surface area contributed by atoms with E-state index in [2.05, 4.69) is 4.98 Å². The van der Waals surface area contributed by atoms with Crippen molar-refractivity contribution in [2.75, 3.05) is 14.2 Å². The van der Waals surface area contributed by atoms with Crippen LogP contribution in [0.2, 0.25) is 0 Å². The van der Waals surface area contributed by atoms with Gasteiger partial charge in [0.05, 0.1) is 26.6 Å². The molecule has 0 saturated heterocycles. The quantitative estimate of drug-likeness (QED) is 0.879. The first-order valence-electron chi connectivity index (χ1n) is 6.13. The number of nitrogens with zero attached hydrogens (tertiary/aromatic N) is 2. The Balaban J connectivity index is 2.27. The largest absolute Gasteiger partial charge is 0.497 e. The van der Waals surface area contributed by atoms with Gasteiger partial charge < -0.3 is 15.2 Å². The molecule has 1 unspecified atom stereocenters. The summed E-state index contributed by atoms with van der Waals surface area (Å²) in [5.41, 5.74) is 6.83. The third kappa shape index (κ3) is 2.97. The first kappa shape index (κ1) is 14.1.